The average molecular weight is 220 g/mol. The summed E-state index contributed by atoms with van der Waals surface area (Å²) in [6.07, 6.45) is 3.96. The van der Waals surface area contributed by atoms with Crippen molar-refractivity contribution >= 4 is 5.78 Å². The van der Waals surface area contributed by atoms with Gasteiger partial charge in [-0.2, -0.15) is 0 Å². The minimum Gasteiger partial charge on any atom is -0.287 e. The molecule has 2 aromatic rings. The summed E-state index contributed by atoms with van der Waals surface area (Å²) < 4.78 is 25.9. The Balaban J connectivity index is 2.42. The van der Waals surface area contributed by atoms with E-state index < -0.39 is 17.4 Å². The Morgan fingerprint density at radius 1 is 1.19 bits per heavy atom. The van der Waals surface area contributed by atoms with Crippen molar-refractivity contribution in [2.45, 2.75) is 0 Å². The van der Waals surface area contributed by atoms with Crippen molar-refractivity contribution in [1.82, 2.24) is 9.97 Å². The highest BCUT2D eigenvalue weighted by atomic mass is 19.1. The number of aromatic nitrogens is 2. The van der Waals surface area contributed by atoms with Gasteiger partial charge in [0, 0.05) is 18.5 Å². The first-order chi connectivity index (χ1) is 7.68. The van der Waals surface area contributed by atoms with Gasteiger partial charge in [0.05, 0.1) is 11.8 Å². The fraction of sp³-hybridized carbons (Fsp3) is 0. The number of halogens is 2. The van der Waals surface area contributed by atoms with Gasteiger partial charge in [-0.25, -0.2) is 13.8 Å². The molecule has 0 unspecified atom stereocenters. The SMILES string of the molecule is O=C(c1cnccn1)c1ccc(F)cc1F. The standard InChI is InChI=1S/C11H6F2N2O/c12-7-1-2-8(9(13)5-7)11(16)10-6-14-3-4-15-10/h1-6H. The van der Waals surface area contributed by atoms with Crippen LogP contribution in [0, 0.1) is 11.6 Å². The zero-order chi connectivity index (χ0) is 11.5. The molecule has 1 heterocycles. The molecule has 5 heteroatoms. The van der Waals surface area contributed by atoms with E-state index in [1.807, 2.05) is 0 Å². The second-order valence-corrected chi connectivity index (χ2v) is 3.04. The smallest absolute Gasteiger partial charge is 0.215 e. The number of hydrogen-bond acceptors (Lipinski definition) is 3. The van der Waals surface area contributed by atoms with Gasteiger partial charge in [-0.3, -0.25) is 9.78 Å². The lowest BCUT2D eigenvalue weighted by Gasteiger charge is -2.01. The summed E-state index contributed by atoms with van der Waals surface area (Å²) in [5, 5.41) is 0. The quantitative estimate of drug-likeness (QED) is 0.727. The van der Waals surface area contributed by atoms with E-state index in [2.05, 4.69) is 9.97 Å². The van der Waals surface area contributed by atoms with Crippen molar-refractivity contribution in [3.05, 3.63) is 59.7 Å². The molecule has 0 N–H and O–H groups in total. The van der Waals surface area contributed by atoms with Crippen LogP contribution in [0.4, 0.5) is 8.78 Å². The zero-order valence-corrected chi connectivity index (χ0v) is 8.02. The van der Waals surface area contributed by atoms with Gasteiger partial charge >= 0.3 is 0 Å². The van der Waals surface area contributed by atoms with Crippen molar-refractivity contribution in [2.75, 3.05) is 0 Å². The normalized spacial score (nSPS) is 10.1. The van der Waals surface area contributed by atoms with Gasteiger partial charge in [-0.1, -0.05) is 0 Å². The van der Waals surface area contributed by atoms with Crippen LogP contribution in [0.15, 0.2) is 36.8 Å². The summed E-state index contributed by atoms with van der Waals surface area (Å²) in [6, 6.07) is 2.76. The fourth-order valence-electron chi connectivity index (χ4n) is 1.23. The summed E-state index contributed by atoms with van der Waals surface area (Å²) in [5.74, 6) is -2.26. The molecule has 2 rings (SSSR count). The Hall–Kier alpha value is -2.17. The molecule has 0 bridgehead atoms. The number of rotatable bonds is 2. The molecular weight excluding hydrogens is 214 g/mol. The summed E-state index contributed by atoms with van der Waals surface area (Å²) in [5.41, 5.74) is -0.199. The Labute approximate surface area is 89.8 Å². The lowest BCUT2D eigenvalue weighted by Crippen LogP contribution is -2.07. The molecule has 80 valence electrons. The third-order valence-corrected chi connectivity index (χ3v) is 1.97. The number of benzene rings is 1. The Kier molecular flexibility index (Phi) is 2.68. The summed E-state index contributed by atoms with van der Waals surface area (Å²) in [4.78, 5) is 19.2. The molecule has 0 saturated carbocycles. The second kappa shape index (κ2) is 4.14. The number of hydrogen-bond donors (Lipinski definition) is 0. The minimum absolute atomic E-state index is 0.0213. The molecule has 0 aliphatic rings. The summed E-state index contributed by atoms with van der Waals surface area (Å²) in [7, 11) is 0. The van der Waals surface area contributed by atoms with Gasteiger partial charge in [0.25, 0.3) is 0 Å². The van der Waals surface area contributed by atoms with Crippen molar-refractivity contribution in [3.8, 4) is 0 Å². The Morgan fingerprint density at radius 3 is 2.62 bits per heavy atom. The van der Waals surface area contributed by atoms with E-state index >= 15 is 0 Å². The minimum atomic E-state index is -0.907. The summed E-state index contributed by atoms with van der Waals surface area (Å²) in [6.45, 7) is 0. The van der Waals surface area contributed by atoms with Crippen molar-refractivity contribution in [2.24, 2.45) is 0 Å². The number of carbonyl (C=O) groups is 1. The zero-order valence-electron chi connectivity index (χ0n) is 8.02. The third kappa shape index (κ3) is 1.93. The molecule has 3 nitrogen and oxygen atoms in total. The van der Waals surface area contributed by atoms with Gasteiger partial charge in [0.1, 0.15) is 17.3 Å². The Bertz CT molecular complexity index is 529. The second-order valence-electron chi connectivity index (χ2n) is 3.04. The molecule has 0 spiro atoms. The highest BCUT2D eigenvalue weighted by Crippen LogP contribution is 2.12. The summed E-state index contributed by atoms with van der Waals surface area (Å²) >= 11 is 0. The predicted molar refractivity (Wildman–Crippen MR) is 51.8 cm³/mol. The van der Waals surface area contributed by atoms with E-state index in [0.717, 1.165) is 12.1 Å². The van der Waals surface area contributed by atoms with E-state index in [0.29, 0.717) is 6.07 Å². The van der Waals surface area contributed by atoms with Crippen LogP contribution >= 0.6 is 0 Å². The van der Waals surface area contributed by atoms with Crippen LogP contribution in [0.1, 0.15) is 16.1 Å². The van der Waals surface area contributed by atoms with E-state index in [-0.39, 0.29) is 11.3 Å². The van der Waals surface area contributed by atoms with Gasteiger partial charge < -0.3 is 0 Å². The lowest BCUT2D eigenvalue weighted by atomic mass is 10.1. The van der Waals surface area contributed by atoms with E-state index in [4.69, 9.17) is 0 Å². The molecule has 0 aliphatic carbocycles. The molecule has 1 aromatic carbocycles. The third-order valence-electron chi connectivity index (χ3n) is 1.97. The van der Waals surface area contributed by atoms with Crippen LogP contribution in [-0.2, 0) is 0 Å². The predicted octanol–water partition coefficient (Wildman–Crippen LogP) is 1.99. The number of ketones is 1. The fourth-order valence-corrected chi connectivity index (χ4v) is 1.23. The molecular formula is C11H6F2N2O. The van der Waals surface area contributed by atoms with Crippen molar-refractivity contribution < 1.29 is 13.6 Å². The maximum absolute atomic E-state index is 13.3. The molecule has 16 heavy (non-hydrogen) atoms. The molecule has 0 fully saturated rings. The van der Waals surface area contributed by atoms with Gasteiger partial charge in [0.15, 0.2) is 0 Å². The van der Waals surface area contributed by atoms with Crippen LogP contribution in [0.3, 0.4) is 0 Å². The largest absolute Gasteiger partial charge is 0.287 e. The molecule has 0 amide bonds. The maximum atomic E-state index is 13.3. The van der Waals surface area contributed by atoms with E-state index in [9.17, 15) is 13.6 Å². The topological polar surface area (TPSA) is 42.9 Å². The number of nitrogens with zero attached hydrogens (tertiary/aromatic N) is 2. The monoisotopic (exact) mass is 220 g/mol. The number of carbonyl (C=O) groups excluding carboxylic acids is 1. The maximum Gasteiger partial charge on any atom is 0.215 e. The molecule has 0 atom stereocenters. The Morgan fingerprint density at radius 2 is 2.00 bits per heavy atom. The molecule has 0 saturated heterocycles. The van der Waals surface area contributed by atoms with E-state index in [1.54, 1.807) is 0 Å². The first-order valence-electron chi connectivity index (χ1n) is 4.44. The van der Waals surface area contributed by atoms with Crippen molar-refractivity contribution in [3.63, 3.8) is 0 Å². The van der Waals surface area contributed by atoms with Crippen LogP contribution in [-0.4, -0.2) is 15.8 Å². The lowest BCUT2D eigenvalue weighted by molar-refractivity contribution is 0.103. The molecule has 0 aliphatic heterocycles. The van der Waals surface area contributed by atoms with Crippen molar-refractivity contribution in [1.29, 1.82) is 0 Å². The highest BCUT2D eigenvalue weighted by Gasteiger charge is 2.15. The van der Waals surface area contributed by atoms with Gasteiger partial charge in [0.2, 0.25) is 5.78 Å². The molecule has 0 radical (unpaired) electrons. The first-order valence-corrected chi connectivity index (χ1v) is 4.44. The van der Waals surface area contributed by atoms with Gasteiger partial charge in [-0.15, -0.1) is 0 Å². The van der Waals surface area contributed by atoms with Crippen LogP contribution in [0.25, 0.3) is 0 Å². The van der Waals surface area contributed by atoms with Gasteiger partial charge in [-0.05, 0) is 12.1 Å². The molecule has 1 aromatic heterocycles. The van der Waals surface area contributed by atoms with E-state index in [1.165, 1.54) is 18.6 Å². The van der Waals surface area contributed by atoms with Crippen LogP contribution < -0.4 is 0 Å². The highest BCUT2D eigenvalue weighted by molar-refractivity contribution is 6.07. The van der Waals surface area contributed by atoms with Crippen LogP contribution in [0.5, 0.6) is 0 Å². The average Bonchev–Trinajstić information content (AvgIpc) is 2.29. The van der Waals surface area contributed by atoms with Crippen LogP contribution in [0.2, 0.25) is 0 Å². The first kappa shape index (κ1) is 10.4.